The Bertz CT molecular complexity index is 858. The fraction of sp³-hybridized carbons (Fsp3) is 0.316. The van der Waals surface area contributed by atoms with Gasteiger partial charge in [0.15, 0.2) is 0 Å². The molecule has 3 rings (SSSR count). The molecule has 3 heterocycles. The molecular weight excluding hydrogens is 367 g/mol. The van der Waals surface area contributed by atoms with Gasteiger partial charge in [-0.3, -0.25) is 13.4 Å². The molecule has 0 radical (unpaired) electrons. The molecule has 142 valence electrons. The van der Waals surface area contributed by atoms with E-state index < -0.39 is 13.4 Å². The zero-order valence-corrected chi connectivity index (χ0v) is 16.4. The van der Waals surface area contributed by atoms with E-state index in [-0.39, 0.29) is 5.91 Å². The van der Waals surface area contributed by atoms with Gasteiger partial charge in [-0.15, -0.1) is 11.3 Å². The lowest BCUT2D eigenvalue weighted by Gasteiger charge is -2.24. The first-order valence-corrected chi connectivity index (χ1v) is 9.61. The Morgan fingerprint density at radius 3 is 2.74 bits per heavy atom. The van der Waals surface area contributed by atoms with Crippen molar-refractivity contribution in [1.82, 2.24) is 14.3 Å². The number of halogens is 2. The van der Waals surface area contributed by atoms with Gasteiger partial charge in [0.05, 0.1) is 6.04 Å². The predicted molar refractivity (Wildman–Crippen MR) is 106 cm³/mol. The first-order chi connectivity index (χ1) is 12.9. The molecule has 1 aliphatic heterocycles. The van der Waals surface area contributed by atoms with Crippen molar-refractivity contribution in [2.75, 3.05) is 14.1 Å². The third-order valence-corrected chi connectivity index (χ3v) is 5.69. The monoisotopic (exact) mass is 389 g/mol. The van der Waals surface area contributed by atoms with Gasteiger partial charge >= 0.3 is 7.40 Å². The fourth-order valence-electron chi connectivity index (χ4n) is 3.15. The molecule has 2 aromatic rings. The van der Waals surface area contributed by atoms with Crippen molar-refractivity contribution in [2.24, 2.45) is 7.05 Å². The number of carbonyl (C=O) groups excluding carboxylic acids is 1. The fourth-order valence-corrected chi connectivity index (χ4v) is 3.96. The van der Waals surface area contributed by atoms with Gasteiger partial charge in [-0.25, -0.2) is 0 Å². The summed E-state index contributed by atoms with van der Waals surface area (Å²) in [6, 6.07) is 7.15. The van der Waals surface area contributed by atoms with Crippen LogP contribution in [0.3, 0.4) is 0 Å². The molecule has 4 nitrogen and oxygen atoms in total. The third-order valence-electron chi connectivity index (χ3n) is 4.75. The van der Waals surface area contributed by atoms with E-state index in [0.717, 1.165) is 21.1 Å². The smallest absolute Gasteiger partial charge is 0.349 e. The number of carbonyl (C=O) groups is 1. The summed E-state index contributed by atoms with van der Waals surface area (Å²) < 4.78 is 29.4. The first-order valence-electron chi connectivity index (χ1n) is 8.73. The lowest BCUT2D eigenvalue weighted by Crippen LogP contribution is -2.31. The molecule has 1 atom stereocenters. The largest absolute Gasteiger partial charge is 0.674 e. The maximum absolute atomic E-state index is 13.7. The van der Waals surface area contributed by atoms with Crippen LogP contribution in [0.5, 0.6) is 0 Å². The van der Waals surface area contributed by atoms with E-state index >= 15 is 0 Å². The number of amides is 1. The lowest BCUT2D eigenvalue weighted by atomic mass is 10.1. The van der Waals surface area contributed by atoms with Crippen LogP contribution in [0.1, 0.15) is 28.7 Å². The maximum Gasteiger partial charge on any atom is 0.674 e. The van der Waals surface area contributed by atoms with Crippen LogP contribution in [0.2, 0.25) is 0 Å². The molecule has 8 heteroatoms. The number of aromatic nitrogens is 1. The summed E-state index contributed by atoms with van der Waals surface area (Å²) in [4.78, 5) is 15.4. The molecule has 27 heavy (non-hydrogen) atoms. The molecule has 0 bridgehead atoms. The average molecular weight is 389 g/mol. The van der Waals surface area contributed by atoms with Crippen LogP contribution in [-0.2, 0) is 18.3 Å². The van der Waals surface area contributed by atoms with Gasteiger partial charge in [0.25, 0.3) is 0 Å². The van der Waals surface area contributed by atoms with Crippen LogP contribution in [-0.4, -0.2) is 41.7 Å². The Kier molecular flexibility index (Phi) is 5.84. The Labute approximate surface area is 162 Å². The van der Waals surface area contributed by atoms with Crippen LogP contribution in [0.15, 0.2) is 47.5 Å². The van der Waals surface area contributed by atoms with Crippen LogP contribution in [0.25, 0.3) is 6.08 Å². The molecule has 0 aliphatic carbocycles. The SMILES string of the molecule is CN(C)C(=O)CCc1ccc(/C=C2/C=CC(c3cccs3)N2B(F)F)n1C. The van der Waals surface area contributed by atoms with Crippen LogP contribution in [0, 0.1) is 0 Å². The van der Waals surface area contributed by atoms with Gasteiger partial charge in [-0.05, 0) is 42.2 Å². The molecule has 0 saturated carbocycles. The van der Waals surface area contributed by atoms with Crippen molar-refractivity contribution < 1.29 is 13.4 Å². The molecule has 1 amide bonds. The summed E-state index contributed by atoms with van der Waals surface area (Å²) in [5.74, 6) is 0.0671. The molecule has 0 fully saturated rings. The topological polar surface area (TPSA) is 28.5 Å². The molecule has 0 saturated heterocycles. The van der Waals surface area contributed by atoms with Gasteiger partial charge in [0.2, 0.25) is 5.91 Å². The minimum Gasteiger partial charge on any atom is -0.349 e. The normalized spacial score (nSPS) is 17.7. The summed E-state index contributed by atoms with van der Waals surface area (Å²) in [6.07, 6.45) is 6.36. The minimum atomic E-state index is -2.59. The average Bonchev–Trinajstić information content (AvgIpc) is 3.34. The van der Waals surface area contributed by atoms with Crippen molar-refractivity contribution >= 4 is 30.7 Å². The van der Waals surface area contributed by atoms with Crippen molar-refractivity contribution in [2.45, 2.75) is 18.9 Å². The van der Waals surface area contributed by atoms with Crippen molar-refractivity contribution in [3.05, 3.63) is 63.8 Å². The van der Waals surface area contributed by atoms with Gasteiger partial charge < -0.3 is 14.3 Å². The Hall–Kier alpha value is -2.35. The second-order valence-electron chi connectivity index (χ2n) is 6.67. The predicted octanol–water partition coefficient (Wildman–Crippen LogP) is 3.99. The van der Waals surface area contributed by atoms with Gasteiger partial charge in [-0.1, -0.05) is 12.1 Å². The Morgan fingerprint density at radius 1 is 1.33 bits per heavy atom. The van der Waals surface area contributed by atoms with E-state index in [1.54, 1.807) is 31.1 Å². The number of rotatable bonds is 6. The molecular formula is C19H22BF2N3OS. The van der Waals surface area contributed by atoms with Gasteiger partial charge in [0.1, 0.15) is 0 Å². The van der Waals surface area contributed by atoms with Gasteiger partial charge in [-0.2, -0.15) is 0 Å². The second kappa shape index (κ2) is 8.13. The van der Waals surface area contributed by atoms with Crippen molar-refractivity contribution in [3.8, 4) is 0 Å². The number of hydrogen-bond acceptors (Lipinski definition) is 3. The summed E-state index contributed by atoms with van der Waals surface area (Å²) in [5.41, 5.74) is 2.32. The lowest BCUT2D eigenvalue weighted by molar-refractivity contribution is -0.128. The zero-order chi connectivity index (χ0) is 19.6. The van der Waals surface area contributed by atoms with E-state index in [1.807, 2.05) is 47.3 Å². The van der Waals surface area contributed by atoms with Crippen LogP contribution < -0.4 is 0 Å². The van der Waals surface area contributed by atoms with E-state index in [2.05, 4.69) is 0 Å². The Balaban J connectivity index is 1.80. The molecule has 0 N–H and O–H groups in total. The first kappa shape index (κ1) is 19.4. The van der Waals surface area contributed by atoms with Gasteiger partial charge in [0, 0.05) is 49.5 Å². The Morgan fingerprint density at radius 2 is 2.11 bits per heavy atom. The highest BCUT2D eigenvalue weighted by atomic mass is 32.1. The number of hydrogen-bond donors (Lipinski definition) is 0. The molecule has 0 spiro atoms. The van der Waals surface area contributed by atoms with Crippen molar-refractivity contribution in [1.29, 1.82) is 0 Å². The maximum atomic E-state index is 13.7. The number of thiophene rings is 1. The standard InChI is InChI=1S/C19H22BF2N3OS/c1-23(2)19(26)11-9-14-6-7-15(24(14)3)13-16-8-10-17(25(16)20(21)22)18-5-4-12-27-18/h4-8,10,12-13,17H,9,11H2,1-3H3/b16-13-. The molecule has 2 aromatic heterocycles. The number of aryl methyl sites for hydroxylation is 1. The minimum absolute atomic E-state index is 0.0671. The highest BCUT2D eigenvalue weighted by Crippen LogP contribution is 2.37. The molecule has 0 aromatic carbocycles. The van der Waals surface area contributed by atoms with E-state index in [4.69, 9.17) is 0 Å². The highest BCUT2D eigenvalue weighted by Gasteiger charge is 2.36. The van der Waals surface area contributed by atoms with E-state index in [9.17, 15) is 13.4 Å². The summed E-state index contributed by atoms with van der Waals surface area (Å²) in [6.45, 7) is 0. The molecule has 1 unspecified atom stereocenters. The summed E-state index contributed by atoms with van der Waals surface area (Å²) >= 11 is 1.47. The van der Waals surface area contributed by atoms with Crippen LogP contribution in [0.4, 0.5) is 8.63 Å². The third kappa shape index (κ3) is 4.16. The highest BCUT2D eigenvalue weighted by molar-refractivity contribution is 7.10. The summed E-state index contributed by atoms with van der Waals surface area (Å²) in [7, 11) is 2.77. The van der Waals surface area contributed by atoms with Crippen LogP contribution >= 0.6 is 11.3 Å². The van der Waals surface area contributed by atoms with E-state index in [0.29, 0.717) is 18.5 Å². The number of allylic oxidation sites excluding steroid dienone is 1. The van der Waals surface area contributed by atoms with Crippen molar-refractivity contribution in [3.63, 3.8) is 0 Å². The summed E-state index contributed by atoms with van der Waals surface area (Å²) in [5, 5.41) is 1.90. The number of nitrogens with zero attached hydrogens (tertiary/aromatic N) is 3. The quantitative estimate of drug-likeness (QED) is 0.700. The second-order valence-corrected chi connectivity index (χ2v) is 7.65. The zero-order valence-electron chi connectivity index (χ0n) is 15.6. The molecule has 1 aliphatic rings. The van der Waals surface area contributed by atoms with E-state index in [1.165, 1.54) is 11.3 Å².